The Morgan fingerprint density at radius 3 is 2.66 bits per heavy atom. The van der Waals surface area contributed by atoms with Gasteiger partial charge in [-0.05, 0) is 36.1 Å². The van der Waals surface area contributed by atoms with Crippen molar-refractivity contribution in [2.24, 2.45) is 16.1 Å². The van der Waals surface area contributed by atoms with Crippen molar-refractivity contribution in [3.8, 4) is 17.0 Å². The molecule has 6 nitrogen and oxygen atoms in total. The van der Waals surface area contributed by atoms with Gasteiger partial charge in [-0.3, -0.25) is 10.1 Å². The average molecular weight is 390 g/mol. The molecule has 1 amide bonds. The van der Waals surface area contributed by atoms with E-state index in [4.69, 9.17) is 15.5 Å². The first kappa shape index (κ1) is 20.3. The first-order chi connectivity index (χ1) is 13.8. The monoisotopic (exact) mass is 390 g/mol. The van der Waals surface area contributed by atoms with E-state index in [1.54, 1.807) is 0 Å². The molecule has 0 aliphatic rings. The molecule has 0 atom stereocenters. The molecule has 3 aromatic rings. The van der Waals surface area contributed by atoms with Crippen LogP contribution in [0.15, 0.2) is 53.5 Å². The van der Waals surface area contributed by atoms with Crippen molar-refractivity contribution in [3.63, 3.8) is 0 Å². The number of hydrogen-bond acceptors (Lipinski definition) is 4. The molecule has 29 heavy (non-hydrogen) atoms. The van der Waals surface area contributed by atoms with Gasteiger partial charge in [0.1, 0.15) is 5.75 Å². The Morgan fingerprint density at radius 2 is 1.97 bits per heavy atom. The maximum atomic E-state index is 10.7. The van der Waals surface area contributed by atoms with Gasteiger partial charge in [-0.2, -0.15) is 0 Å². The number of carbonyl (C=O) groups excluding carboxylic acids is 1. The van der Waals surface area contributed by atoms with Gasteiger partial charge in [0.05, 0.1) is 23.5 Å². The summed E-state index contributed by atoms with van der Waals surface area (Å²) in [6.07, 6.45) is 0.503. The van der Waals surface area contributed by atoms with Crippen LogP contribution in [0, 0.1) is 12.3 Å². The third-order valence-electron chi connectivity index (χ3n) is 4.30. The summed E-state index contributed by atoms with van der Waals surface area (Å²) in [5.74, 6) is 0.770. The van der Waals surface area contributed by atoms with E-state index in [-0.39, 0.29) is 11.4 Å². The number of ether oxygens (including phenoxy) is 1. The van der Waals surface area contributed by atoms with Crippen molar-refractivity contribution < 1.29 is 9.53 Å². The van der Waals surface area contributed by atoms with Gasteiger partial charge in [0.15, 0.2) is 5.96 Å². The van der Waals surface area contributed by atoms with Crippen LogP contribution in [0.5, 0.6) is 5.75 Å². The van der Waals surface area contributed by atoms with Gasteiger partial charge >= 0.3 is 0 Å². The minimum atomic E-state index is 0.0243. The molecule has 0 fully saturated rings. The smallest absolute Gasteiger partial charge is 0.213 e. The predicted molar refractivity (Wildman–Crippen MR) is 117 cm³/mol. The highest BCUT2D eigenvalue weighted by atomic mass is 16.5. The van der Waals surface area contributed by atoms with Crippen LogP contribution in [-0.4, -0.2) is 24.0 Å². The van der Waals surface area contributed by atoms with Crippen molar-refractivity contribution in [1.29, 1.82) is 0 Å². The average Bonchev–Trinajstić information content (AvgIpc) is 2.66. The fourth-order valence-electron chi connectivity index (χ4n) is 2.89. The fraction of sp³-hybridized carbons (Fsp3) is 0.261. The Bertz CT molecular complexity index is 1070. The number of benzene rings is 2. The summed E-state index contributed by atoms with van der Waals surface area (Å²) in [5.41, 5.74) is 10.1. The number of aromatic nitrogens is 1. The minimum absolute atomic E-state index is 0.0243. The number of hydrogen-bond donors (Lipinski definition) is 2. The summed E-state index contributed by atoms with van der Waals surface area (Å²) in [6.45, 7) is 9.00. The van der Waals surface area contributed by atoms with Crippen LogP contribution in [0.1, 0.15) is 26.3 Å². The third-order valence-corrected chi connectivity index (χ3v) is 4.30. The lowest BCUT2D eigenvalue weighted by Gasteiger charge is -2.19. The van der Waals surface area contributed by atoms with Gasteiger partial charge in [0.2, 0.25) is 6.41 Å². The second-order valence-electron chi connectivity index (χ2n) is 8.13. The summed E-state index contributed by atoms with van der Waals surface area (Å²) in [5, 5.41) is 3.20. The normalized spacial score (nSPS) is 12.1. The lowest BCUT2D eigenvalue weighted by Crippen LogP contribution is -2.29. The molecule has 3 N–H and O–H groups in total. The molecule has 0 aliphatic heterocycles. The van der Waals surface area contributed by atoms with E-state index < -0.39 is 0 Å². The van der Waals surface area contributed by atoms with Crippen LogP contribution in [0.2, 0.25) is 0 Å². The summed E-state index contributed by atoms with van der Waals surface area (Å²) in [7, 11) is 0. The van der Waals surface area contributed by atoms with Crippen molar-refractivity contribution >= 4 is 29.0 Å². The number of nitrogens with two attached hydrogens (primary N) is 1. The van der Waals surface area contributed by atoms with Crippen LogP contribution in [0.4, 0.5) is 5.69 Å². The number of aliphatic imine (C=N–C) groups is 1. The number of amides is 1. The van der Waals surface area contributed by atoms with Crippen LogP contribution in [0.25, 0.3) is 22.2 Å². The van der Waals surface area contributed by atoms with Gasteiger partial charge in [-0.1, -0.05) is 45.0 Å². The number of carbonyl (C=O) groups is 1. The maximum absolute atomic E-state index is 10.7. The highest BCUT2D eigenvalue weighted by Gasteiger charge is 2.13. The van der Waals surface area contributed by atoms with Gasteiger partial charge in [0, 0.05) is 17.0 Å². The Labute approximate surface area is 170 Å². The molecule has 0 saturated heterocycles. The number of fused-ring (bicyclic) bond motifs is 1. The standard InChI is InChI=1S/C23H26N4O2/c1-15-7-5-6-8-17(15)20-12-21(27-22(24)25-14-28)18-10-9-16(11-19(18)26-20)29-13-23(2,3)4/h5-12,14H,13H2,1-4H3,(H3,24,25,26,27,28). The number of aryl methyl sites for hydroxylation is 1. The van der Waals surface area contributed by atoms with E-state index in [1.807, 2.05) is 55.5 Å². The summed E-state index contributed by atoms with van der Waals surface area (Å²) >= 11 is 0. The van der Waals surface area contributed by atoms with Crippen molar-refractivity contribution in [1.82, 2.24) is 10.3 Å². The lowest BCUT2D eigenvalue weighted by atomic mass is 9.99. The van der Waals surface area contributed by atoms with E-state index in [9.17, 15) is 4.79 Å². The summed E-state index contributed by atoms with van der Waals surface area (Å²) < 4.78 is 5.95. The van der Waals surface area contributed by atoms with Gasteiger partial charge in [-0.15, -0.1) is 0 Å². The Kier molecular flexibility index (Phi) is 5.82. The molecule has 0 aliphatic carbocycles. The summed E-state index contributed by atoms with van der Waals surface area (Å²) in [4.78, 5) is 19.9. The van der Waals surface area contributed by atoms with Gasteiger partial charge in [-0.25, -0.2) is 9.98 Å². The molecular formula is C23H26N4O2. The van der Waals surface area contributed by atoms with Crippen LogP contribution >= 0.6 is 0 Å². The molecular weight excluding hydrogens is 364 g/mol. The molecule has 0 radical (unpaired) electrons. The van der Waals surface area contributed by atoms with Gasteiger partial charge in [0.25, 0.3) is 0 Å². The Morgan fingerprint density at radius 1 is 1.21 bits per heavy atom. The van der Waals surface area contributed by atoms with Crippen molar-refractivity contribution in [3.05, 3.63) is 54.1 Å². The Hall–Kier alpha value is -3.41. The molecule has 0 bridgehead atoms. The molecule has 1 heterocycles. The maximum Gasteiger partial charge on any atom is 0.213 e. The topological polar surface area (TPSA) is 89.6 Å². The molecule has 150 valence electrons. The second kappa shape index (κ2) is 8.31. The van der Waals surface area contributed by atoms with E-state index in [0.717, 1.165) is 33.5 Å². The van der Waals surface area contributed by atoms with E-state index in [0.29, 0.717) is 18.7 Å². The number of nitrogens with zero attached hydrogens (tertiary/aromatic N) is 2. The number of rotatable bonds is 5. The SMILES string of the molecule is Cc1ccccc1-c1cc(N=C(N)NC=O)c2ccc(OCC(C)(C)C)cc2n1. The molecule has 0 spiro atoms. The zero-order valence-corrected chi connectivity index (χ0v) is 17.2. The molecule has 2 aromatic carbocycles. The summed E-state index contributed by atoms with van der Waals surface area (Å²) in [6, 6.07) is 15.6. The van der Waals surface area contributed by atoms with Crippen LogP contribution < -0.4 is 15.8 Å². The molecule has 3 rings (SSSR count). The second-order valence-corrected chi connectivity index (χ2v) is 8.13. The van der Waals surface area contributed by atoms with E-state index >= 15 is 0 Å². The third kappa shape index (κ3) is 5.10. The van der Waals surface area contributed by atoms with E-state index in [1.165, 1.54) is 0 Å². The fourth-order valence-corrected chi connectivity index (χ4v) is 2.89. The van der Waals surface area contributed by atoms with Crippen LogP contribution in [-0.2, 0) is 4.79 Å². The zero-order chi connectivity index (χ0) is 21.0. The molecule has 0 unspecified atom stereocenters. The largest absolute Gasteiger partial charge is 0.493 e. The first-order valence-corrected chi connectivity index (χ1v) is 9.45. The van der Waals surface area contributed by atoms with Crippen molar-refractivity contribution in [2.45, 2.75) is 27.7 Å². The number of pyridine rings is 1. The number of guanidine groups is 1. The molecule has 1 aromatic heterocycles. The zero-order valence-electron chi connectivity index (χ0n) is 17.2. The molecule has 6 heteroatoms. The van der Waals surface area contributed by atoms with E-state index in [2.05, 4.69) is 31.1 Å². The lowest BCUT2D eigenvalue weighted by molar-refractivity contribution is -0.108. The minimum Gasteiger partial charge on any atom is -0.493 e. The van der Waals surface area contributed by atoms with Crippen molar-refractivity contribution in [2.75, 3.05) is 6.61 Å². The highest BCUT2D eigenvalue weighted by Crippen LogP contribution is 2.33. The number of nitrogens with one attached hydrogen (secondary N) is 1. The predicted octanol–water partition coefficient (Wildman–Crippen LogP) is 4.33. The van der Waals surface area contributed by atoms with Gasteiger partial charge < -0.3 is 10.5 Å². The first-order valence-electron chi connectivity index (χ1n) is 9.45. The quantitative estimate of drug-likeness (QED) is 0.385. The highest BCUT2D eigenvalue weighted by molar-refractivity contribution is 5.97. The molecule has 0 saturated carbocycles. The Balaban J connectivity index is 2.15. The van der Waals surface area contributed by atoms with Crippen LogP contribution in [0.3, 0.4) is 0 Å².